The van der Waals surface area contributed by atoms with Crippen LogP contribution in [0.15, 0.2) is 78.9 Å². The van der Waals surface area contributed by atoms with E-state index in [9.17, 15) is 0 Å². The third-order valence-electron chi connectivity index (χ3n) is 5.22. The van der Waals surface area contributed by atoms with Crippen molar-refractivity contribution in [1.82, 2.24) is 4.90 Å². The topological polar surface area (TPSA) is 6.48 Å². The second-order valence-electron chi connectivity index (χ2n) is 7.48. The van der Waals surface area contributed by atoms with Gasteiger partial charge in [0.05, 0.1) is 0 Å². The molecule has 0 fully saturated rings. The van der Waals surface area contributed by atoms with Crippen LogP contribution in [-0.4, -0.2) is 16.6 Å². The van der Waals surface area contributed by atoms with Gasteiger partial charge in [-0.1, -0.05) is 67.9 Å². The molecule has 0 saturated heterocycles. The minimum atomic E-state index is 0.813. The number of anilines is 2. The zero-order valence-corrected chi connectivity index (χ0v) is 18.5. The van der Waals surface area contributed by atoms with Crippen molar-refractivity contribution in [2.24, 2.45) is 0 Å². The number of unbranched alkanes of at least 4 members (excludes halogenated alkanes) is 1. The van der Waals surface area contributed by atoms with Gasteiger partial charge in [-0.3, -0.25) is 4.90 Å². The molecule has 0 aromatic heterocycles. The quantitative estimate of drug-likeness (QED) is 0.392. The summed E-state index contributed by atoms with van der Waals surface area (Å²) in [7, 11) is 0. The van der Waals surface area contributed by atoms with Gasteiger partial charge in [0.25, 0.3) is 0 Å². The zero-order chi connectivity index (χ0) is 20.6. The van der Waals surface area contributed by atoms with E-state index in [2.05, 4.69) is 103 Å². The molecular weight excluding hydrogens is 372 g/mol. The Labute approximate surface area is 180 Å². The van der Waals surface area contributed by atoms with E-state index in [-0.39, 0.29) is 0 Å². The first-order chi connectivity index (χ1) is 14.1. The van der Waals surface area contributed by atoms with E-state index in [0.29, 0.717) is 0 Å². The molecule has 150 valence electrons. The Bertz CT molecular complexity index is 922. The van der Waals surface area contributed by atoms with E-state index >= 15 is 0 Å². The summed E-state index contributed by atoms with van der Waals surface area (Å²) in [6.07, 6.45) is 2.26. The highest BCUT2D eigenvalue weighted by Crippen LogP contribution is 2.29. The highest BCUT2D eigenvalue weighted by atomic mass is 32.1. The third-order valence-corrected chi connectivity index (χ3v) is 5.66. The number of hydrogen-bond donors (Lipinski definition) is 0. The second kappa shape index (κ2) is 10.2. The average Bonchev–Trinajstić information content (AvgIpc) is 2.75. The summed E-state index contributed by atoms with van der Waals surface area (Å²) < 4.78 is 0. The molecule has 0 spiro atoms. The van der Waals surface area contributed by atoms with E-state index in [4.69, 9.17) is 12.2 Å². The van der Waals surface area contributed by atoms with Gasteiger partial charge in [0, 0.05) is 24.5 Å². The Morgan fingerprint density at radius 3 is 2.07 bits per heavy atom. The van der Waals surface area contributed by atoms with Crippen LogP contribution in [0.25, 0.3) is 0 Å². The molecular formula is C26H30N2S. The van der Waals surface area contributed by atoms with Crippen LogP contribution in [0.2, 0.25) is 0 Å². The van der Waals surface area contributed by atoms with Crippen molar-refractivity contribution in [3.63, 3.8) is 0 Å². The molecule has 0 aliphatic rings. The minimum Gasteiger partial charge on any atom is -0.344 e. The van der Waals surface area contributed by atoms with Gasteiger partial charge in [0.1, 0.15) is 0 Å². The number of para-hydroxylation sites is 1. The van der Waals surface area contributed by atoms with Gasteiger partial charge in [-0.15, -0.1) is 0 Å². The standard InChI is InChI=1S/C26H30N2S/c1-4-5-18-27(20-23-12-8-6-9-13-23)26(29)28(24-14-10-7-11-15-24)25-17-16-21(2)22(3)19-25/h6-17,19H,4-5,18,20H2,1-3H3. The van der Waals surface area contributed by atoms with Crippen molar-refractivity contribution < 1.29 is 0 Å². The summed E-state index contributed by atoms with van der Waals surface area (Å²) >= 11 is 6.10. The van der Waals surface area contributed by atoms with Crippen molar-refractivity contribution in [3.05, 3.63) is 95.6 Å². The van der Waals surface area contributed by atoms with Crippen LogP contribution >= 0.6 is 12.2 Å². The van der Waals surface area contributed by atoms with Crippen LogP contribution < -0.4 is 4.90 Å². The van der Waals surface area contributed by atoms with Crippen molar-refractivity contribution in [3.8, 4) is 0 Å². The predicted octanol–water partition coefficient (Wildman–Crippen LogP) is 7.03. The molecule has 2 nitrogen and oxygen atoms in total. The monoisotopic (exact) mass is 402 g/mol. The van der Waals surface area contributed by atoms with Gasteiger partial charge < -0.3 is 4.90 Å². The van der Waals surface area contributed by atoms with Crippen LogP contribution in [0.3, 0.4) is 0 Å². The van der Waals surface area contributed by atoms with Crippen molar-refractivity contribution >= 4 is 28.7 Å². The van der Waals surface area contributed by atoms with Crippen LogP contribution in [0, 0.1) is 13.8 Å². The Kier molecular flexibility index (Phi) is 7.42. The second-order valence-corrected chi connectivity index (χ2v) is 7.85. The van der Waals surface area contributed by atoms with Gasteiger partial charge in [-0.25, -0.2) is 0 Å². The SMILES string of the molecule is CCCCN(Cc1ccccc1)C(=S)N(c1ccccc1)c1ccc(C)c(C)c1. The molecule has 0 unspecified atom stereocenters. The molecule has 0 heterocycles. The molecule has 0 aliphatic carbocycles. The highest BCUT2D eigenvalue weighted by molar-refractivity contribution is 7.80. The van der Waals surface area contributed by atoms with E-state index in [1.165, 1.54) is 16.7 Å². The number of benzene rings is 3. The molecule has 0 atom stereocenters. The van der Waals surface area contributed by atoms with Crippen molar-refractivity contribution in [2.75, 3.05) is 11.4 Å². The first-order valence-electron chi connectivity index (χ1n) is 10.4. The van der Waals surface area contributed by atoms with Crippen LogP contribution in [0.5, 0.6) is 0 Å². The Balaban J connectivity index is 1.99. The fourth-order valence-corrected chi connectivity index (χ4v) is 3.71. The number of rotatable bonds is 7. The number of thiocarbonyl (C=S) groups is 1. The molecule has 3 aromatic rings. The summed E-state index contributed by atoms with van der Waals surface area (Å²) in [5.74, 6) is 0. The van der Waals surface area contributed by atoms with E-state index in [1.807, 2.05) is 6.07 Å². The molecule has 0 radical (unpaired) electrons. The highest BCUT2D eigenvalue weighted by Gasteiger charge is 2.21. The van der Waals surface area contributed by atoms with Crippen LogP contribution in [-0.2, 0) is 6.54 Å². The van der Waals surface area contributed by atoms with Gasteiger partial charge in [-0.05, 0) is 73.4 Å². The number of nitrogens with zero attached hydrogens (tertiary/aromatic N) is 2. The van der Waals surface area contributed by atoms with Gasteiger partial charge in [0.2, 0.25) is 0 Å². The van der Waals surface area contributed by atoms with E-state index in [0.717, 1.165) is 42.4 Å². The van der Waals surface area contributed by atoms with E-state index < -0.39 is 0 Å². The molecule has 3 heteroatoms. The van der Waals surface area contributed by atoms with Gasteiger partial charge in [0.15, 0.2) is 5.11 Å². The lowest BCUT2D eigenvalue weighted by atomic mass is 10.1. The lowest BCUT2D eigenvalue weighted by molar-refractivity contribution is 0.404. The summed E-state index contributed by atoms with van der Waals surface area (Å²) in [4.78, 5) is 4.54. The molecule has 0 saturated carbocycles. The first kappa shape index (κ1) is 21.1. The summed E-state index contributed by atoms with van der Waals surface area (Å²) in [5.41, 5.74) is 6.04. The number of hydrogen-bond acceptors (Lipinski definition) is 1. The number of aryl methyl sites for hydroxylation is 2. The zero-order valence-electron chi connectivity index (χ0n) is 17.6. The molecule has 0 aliphatic heterocycles. The maximum absolute atomic E-state index is 6.10. The lowest BCUT2D eigenvalue weighted by Crippen LogP contribution is -2.41. The Morgan fingerprint density at radius 2 is 1.45 bits per heavy atom. The fourth-order valence-electron chi connectivity index (χ4n) is 3.35. The summed E-state index contributed by atoms with van der Waals surface area (Å²) in [6.45, 7) is 8.28. The molecule has 0 N–H and O–H groups in total. The Morgan fingerprint density at radius 1 is 0.793 bits per heavy atom. The molecule has 3 aromatic carbocycles. The molecule has 0 amide bonds. The molecule has 29 heavy (non-hydrogen) atoms. The third kappa shape index (κ3) is 5.45. The van der Waals surface area contributed by atoms with Crippen LogP contribution in [0.4, 0.5) is 11.4 Å². The Hall–Kier alpha value is -2.65. The smallest absolute Gasteiger partial charge is 0.181 e. The average molecular weight is 403 g/mol. The van der Waals surface area contributed by atoms with Gasteiger partial charge >= 0.3 is 0 Å². The lowest BCUT2D eigenvalue weighted by Gasteiger charge is -2.34. The van der Waals surface area contributed by atoms with Crippen molar-refractivity contribution in [2.45, 2.75) is 40.2 Å². The molecule has 3 rings (SSSR count). The molecule has 0 bridgehead atoms. The predicted molar refractivity (Wildman–Crippen MR) is 129 cm³/mol. The first-order valence-corrected chi connectivity index (χ1v) is 10.8. The van der Waals surface area contributed by atoms with Crippen LogP contribution in [0.1, 0.15) is 36.5 Å². The largest absolute Gasteiger partial charge is 0.344 e. The summed E-state index contributed by atoms with van der Waals surface area (Å²) in [5, 5.41) is 0.844. The van der Waals surface area contributed by atoms with Gasteiger partial charge in [-0.2, -0.15) is 0 Å². The maximum atomic E-state index is 6.10. The fraction of sp³-hybridized carbons (Fsp3) is 0.269. The van der Waals surface area contributed by atoms with Crippen molar-refractivity contribution in [1.29, 1.82) is 0 Å². The minimum absolute atomic E-state index is 0.813. The van der Waals surface area contributed by atoms with E-state index in [1.54, 1.807) is 0 Å². The maximum Gasteiger partial charge on any atom is 0.181 e. The summed E-state index contributed by atoms with van der Waals surface area (Å²) in [6, 6.07) is 27.6. The normalized spacial score (nSPS) is 10.6.